The third-order valence-corrected chi connectivity index (χ3v) is 4.64. The van der Waals surface area contributed by atoms with Crippen molar-refractivity contribution in [3.8, 4) is 17.7 Å². The van der Waals surface area contributed by atoms with E-state index in [9.17, 15) is 14.9 Å². The van der Waals surface area contributed by atoms with Crippen molar-refractivity contribution >= 4 is 29.2 Å². The van der Waals surface area contributed by atoms with E-state index in [0.29, 0.717) is 6.54 Å². The lowest BCUT2D eigenvalue weighted by Crippen LogP contribution is -2.13. The van der Waals surface area contributed by atoms with Gasteiger partial charge < -0.3 is 15.8 Å². The van der Waals surface area contributed by atoms with Crippen molar-refractivity contribution in [2.75, 3.05) is 11.6 Å². The number of amides is 1. The van der Waals surface area contributed by atoms with Crippen LogP contribution in [0.3, 0.4) is 0 Å². The Bertz CT molecular complexity index is 1180. The number of aromatic nitrogens is 2. The molecule has 0 atom stereocenters. The number of carbonyl (C=O) groups is 1. The van der Waals surface area contributed by atoms with Gasteiger partial charge in [-0.2, -0.15) is 15.2 Å². The van der Waals surface area contributed by atoms with Crippen molar-refractivity contribution in [1.29, 1.82) is 5.26 Å². The highest BCUT2D eigenvalue weighted by atomic mass is 32.2. The van der Waals surface area contributed by atoms with Gasteiger partial charge in [-0.05, 0) is 30.0 Å². The van der Waals surface area contributed by atoms with Crippen LogP contribution in [0.1, 0.15) is 21.5 Å². The van der Waals surface area contributed by atoms with Crippen LogP contribution in [0.25, 0.3) is 0 Å². The van der Waals surface area contributed by atoms with Crippen LogP contribution in [0.2, 0.25) is 0 Å². The molecule has 2 aromatic carbocycles. The fourth-order valence-corrected chi connectivity index (χ4v) is 3.00. The Labute approximate surface area is 181 Å². The summed E-state index contributed by atoms with van der Waals surface area (Å²) in [6, 6.07) is 15.1. The van der Waals surface area contributed by atoms with Crippen LogP contribution >= 0.6 is 11.8 Å². The van der Waals surface area contributed by atoms with Crippen LogP contribution in [-0.2, 0) is 6.54 Å². The lowest BCUT2D eigenvalue weighted by Gasteiger charge is -2.12. The first-order chi connectivity index (χ1) is 14.9. The van der Waals surface area contributed by atoms with Crippen molar-refractivity contribution < 1.29 is 14.5 Å². The molecule has 3 rings (SSSR count). The van der Waals surface area contributed by atoms with E-state index >= 15 is 0 Å². The number of anilines is 1. The highest BCUT2D eigenvalue weighted by Gasteiger charge is 2.27. The maximum Gasteiger partial charge on any atom is 0.373 e. The quantitative estimate of drug-likeness (QED) is 0.233. The zero-order chi connectivity index (χ0) is 22.4. The maximum atomic E-state index is 11.8. The number of primary amides is 1. The van der Waals surface area contributed by atoms with Gasteiger partial charge in [-0.3, -0.25) is 14.9 Å². The molecular formula is C20H16N6O4S. The predicted molar refractivity (Wildman–Crippen MR) is 114 cm³/mol. The fraction of sp³-hybridized carbons (Fsp3) is 0.100. The molecule has 0 aliphatic rings. The molecule has 0 saturated carbocycles. The first-order valence-electron chi connectivity index (χ1n) is 8.83. The van der Waals surface area contributed by atoms with E-state index in [1.165, 1.54) is 30.0 Å². The minimum Gasteiger partial charge on any atom is -0.433 e. The molecule has 0 aliphatic heterocycles. The van der Waals surface area contributed by atoms with Crippen molar-refractivity contribution in [2.45, 2.75) is 11.7 Å². The molecule has 0 fully saturated rings. The lowest BCUT2D eigenvalue weighted by molar-refractivity contribution is -0.385. The first kappa shape index (κ1) is 21.5. The number of hydrogen-bond donors (Lipinski definition) is 2. The van der Waals surface area contributed by atoms with Crippen molar-refractivity contribution in [1.82, 2.24) is 9.97 Å². The minimum atomic E-state index is -0.825. The van der Waals surface area contributed by atoms with Gasteiger partial charge in [0.15, 0.2) is 5.16 Å². The summed E-state index contributed by atoms with van der Waals surface area (Å²) in [5, 5.41) is 24.1. The normalized spacial score (nSPS) is 10.2. The molecule has 1 aromatic heterocycles. The van der Waals surface area contributed by atoms with Gasteiger partial charge in [-0.1, -0.05) is 42.1 Å². The molecule has 1 amide bonds. The Morgan fingerprint density at radius 3 is 2.65 bits per heavy atom. The van der Waals surface area contributed by atoms with E-state index in [1.807, 2.05) is 36.4 Å². The number of nitrogens with zero attached hydrogens (tertiary/aromatic N) is 4. The number of nitriles is 1. The molecular weight excluding hydrogens is 420 g/mol. The van der Waals surface area contributed by atoms with E-state index in [2.05, 4.69) is 15.3 Å². The Balaban J connectivity index is 2.01. The van der Waals surface area contributed by atoms with Gasteiger partial charge in [-0.15, -0.1) is 0 Å². The number of carbonyl (C=O) groups excluding carboxylic acids is 1. The molecule has 0 bridgehead atoms. The largest absolute Gasteiger partial charge is 0.433 e. The summed E-state index contributed by atoms with van der Waals surface area (Å²) in [6.07, 6.45) is 1.72. The molecule has 0 aliphatic carbocycles. The summed E-state index contributed by atoms with van der Waals surface area (Å²) in [7, 11) is 0. The summed E-state index contributed by atoms with van der Waals surface area (Å²) in [5.74, 6) is -1.07. The van der Waals surface area contributed by atoms with Crippen LogP contribution in [0.4, 0.5) is 11.5 Å². The number of hydrogen-bond acceptors (Lipinski definition) is 9. The monoisotopic (exact) mass is 436 g/mol. The highest BCUT2D eigenvalue weighted by molar-refractivity contribution is 7.98. The molecule has 31 heavy (non-hydrogen) atoms. The Morgan fingerprint density at radius 2 is 2.03 bits per heavy atom. The van der Waals surface area contributed by atoms with Gasteiger partial charge in [0.2, 0.25) is 11.7 Å². The second kappa shape index (κ2) is 9.55. The number of nitrogens with two attached hydrogens (primary N) is 1. The van der Waals surface area contributed by atoms with Crippen LogP contribution in [-0.4, -0.2) is 27.1 Å². The van der Waals surface area contributed by atoms with Crippen LogP contribution in [0.15, 0.2) is 53.7 Å². The predicted octanol–water partition coefficient (Wildman–Crippen LogP) is 3.48. The molecule has 0 spiro atoms. The topological polar surface area (TPSA) is 157 Å². The SMILES string of the molecule is CSc1nc(NCc2ccccc2)c([N+](=O)[O-])c(Oc2ccc(C#N)c(C(N)=O)c2)n1. The van der Waals surface area contributed by atoms with E-state index < -0.39 is 16.5 Å². The van der Waals surface area contributed by atoms with E-state index in [1.54, 1.807) is 6.26 Å². The van der Waals surface area contributed by atoms with E-state index in [4.69, 9.17) is 15.7 Å². The van der Waals surface area contributed by atoms with Gasteiger partial charge >= 0.3 is 11.6 Å². The standard InChI is InChI=1S/C20H16N6O4S/c1-31-20-24-18(23-11-12-5-3-2-4-6-12)16(26(28)29)19(25-20)30-14-8-7-13(10-21)15(9-14)17(22)27/h2-9H,11H2,1H3,(H2,22,27)(H,23,24,25). The van der Waals surface area contributed by atoms with E-state index in [0.717, 1.165) is 5.56 Å². The average Bonchev–Trinajstić information content (AvgIpc) is 2.77. The summed E-state index contributed by atoms with van der Waals surface area (Å²) in [6.45, 7) is 0.300. The number of rotatable bonds is 8. The van der Waals surface area contributed by atoms with Gasteiger partial charge in [-0.25, -0.2) is 0 Å². The molecule has 0 saturated heterocycles. The molecule has 0 unspecified atom stereocenters. The van der Waals surface area contributed by atoms with E-state index in [-0.39, 0.29) is 33.7 Å². The maximum absolute atomic E-state index is 11.8. The molecule has 1 heterocycles. The van der Waals surface area contributed by atoms with Gasteiger partial charge in [0.25, 0.3) is 0 Å². The Morgan fingerprint density at radius 1 is 1.29 bits per heavy atom. The van der Waals surface area contributed by atoms with Gasteiger partial charge in [0, 0.05) is 6.54 Å². The summed E-state index contributed by atoms with van der Waals surface area (Å²) in [5.41, 5.74) is 5.74. The lowest BCUT2D eigenvalue weighted by atomic mass is 10.1. The number of nitrogens with one attached hydrogen (secondary N) is 1. The number of nitro groups is 1. The number of thioether (sulfide) groups is 1. The summed E-state index contributed by atoms with van der Waals surface area (Å²) in [4.78, 5) is 31.1. The third kappa shape index (κ3) is 5.06. The van der Waals surface area contributed by atoms with Gasteiger partial charge in [0.1, 0.15) is 5.75 Å². The fourth-order valence-electron chi connectivity index (χ4n) is 2.65. The van der Waals surface area contributed by atoms with Crippen LogP contribution in [0.5, 0.6) is 11.6 Å². The van der Waals surface area contributed by atoms with Gasteiger partial charge in [0.05, 0.1) is 22.1 Å². The molecule has 3 aromatic rings. The minimum absolute atomic E-state index is 0.00743. The zero-order valence-electron chi connectivity index (χ0n) is 16.2. The van der Waals surface area contributed by atoms with Crippen molar-refractivity contribution in [3.05, 3.63) is 75.3 Å². The summed E-state index contributed by atoms with van der Waals surface area (Å²) >= 11 is 1.18. The smallest absolute Gasteiger partial charge is 0.373 e. The second-order valence-electron chi connectivity index (χ2n) is 6.09. The van der Waals surface area contributed by atoms with Crippen molar-refractivity contribution in [2.24, 2.45) is 5.73 Å². The molecule has 156 valence electrons. The third-order valence-electron chi connectivity index (χ3n) is 4.09. The first-order valence-corrected chi connectivity index (χ1v) is 10.1. The summed E-state index contributed by atoms with van der Waals surface area (Å²) < 4.78 is 5.63. The zero-order valence-corrected chi connectivity index (χ0v) is 17.0. The second-order valence-corrected chi connectivity index (χ2v) is 6.87. The number of benzene rings is 2. The van der Waals surface area contributed by atoms with Crippen LogP contribution < -0.4 is 15.8 Å². The molecule has 0 radical (unpaired) electrons. The average molecular weight is 436 g/mol. The molecule has 3 N–H and O–H groups in total. The Kier molecular flexibility index (Phi) is 6.64. The molecule has 10 nitrogen and oxygen atoms in total. The molecule has 11 heteroatoms. The van der Waals surface area contributed by atoms with Crippen molar-refractivity contribution in [3.63, 3.8) is 0 Å². The Hall–Kier alpha value is -4.17. The highest BCUT2D eigenvalue weighted by Crippen LogP contribution is 2.37. The van der Waals surface area contributed by atoms with Crippen LogP contribution in [0, 0.1) is 21.4 Å². The number of ether oxygens (including phenoxy) is 1.